The van der Waals surface area contributed by atoms with Crippen LogP contribution in [0, 0.1) is 0 Å². The summed E-state index contributed by atoms with van der Waals surface area (Å²) in [5.41, 5.74) is 0.530. The first-order chi connectivity index (χ1) is 10.3. The Hall–Kier alpha value is -2.21. The predicted octanol–water partition coefficient (Wildman–Crippen LogP) is 0.736. The monoisotopic (exact) mass is 285 g/mol. The van der Waals surface area contributed by atoms with Crippen LogP contribution in [0.1, 0.15) is 10.5 Å². The van der Waals surface area contributed by atoms with Crippen LogP contribution in [0.3, 0.4) is 0 Å². The lowest BCUT2D eigenvalue weighted by Crippen LogP contribution is -2.49. The van der Waals surface area contributed by atoms with Crippen LogP contribution in [0.25, 0.3) is 0 Å². The molecule has 1 saturated heterocycles. The zero-order valence-corrected chi connectivity index (χ0v) is 11.9. The molecule has 6 nitrogen and oxygen atoms in total. The zero-order valence-electron chi connectivity index (χ0n) is 11.9. The van der Waals surface area contributed by atoms with Crippen molar-refractivity contribution >= 4 is 5.91 Å². The van der Waals surface area contributed by atoms with Gasteiger partial charge >= 0.3 is 0 Å². The third-order valence-corrected chi connectivity index (χ3v) is 3.75. The third kappa shape index (κ3) is 3.46. The van der Waals surface area contributed by atoms with Crippen molar-refractivity contribution in [3.63, 3.8) is 0 Å². The number of rotatable bonds is 4. The van der Waals surface area contributed by atoms with E-state index >= 15 is 0 Å². The highest BCUT2D eigenvalue weighted by Gasteiger charge is 2.22. The van der Waals surface area contributed by atoms with E-state index in [1.54, 1.807) is 18.5 Å². The second kappa shape index (κ2) is 6.49. The molecule has 0 atom stereocenters. The maximum atomic E-state index is 12.3. The molecule has 1 aliphatic heterocycles. The van der Waals surface area contributed by atoms with Gasteiger partial charge in [-0.1, -0.05) is 6.07 Å². The molecule has 0 aromatic carbocycles. The molecular formula is C15H19N5O. The van der Waals surface area contributed by atoms with Gasteiger partial charge in [0, 0.05) is 51.3 Å². The van der Waals surface area contributed by atoms with Gasteiger partial charge in [-0.3, -0.25) is 19.4 Å². The summed E-state index contributed by atoms with van der Waals surface area (Å²) in [6, 6.07) is 7.38. The van der Waals surface area contributed by atoms with Crippen molar-refractivity contribution in [2.24, 2.45) is 0 Å². The molecule has 0 aliphatic carbocycles. The average Bonchev–Trinajstić information content (AvgIpc) is 3.07. The fourth-order valence-corrected chi connectivity index (χ4v) is 2.50. The first-order valence-corrected chi connectivity index (χ1v) is 7.23. The highest BCUT2D eigenvalue weighted by atomic mass is 16.2. The summed E-state index contributed by atoms with van der Waals surface area (Å²) in [4.78, 5) is 20.7. The number of aromatic nitrogens is 3. The molecule has 1 fully saturated rings. The molecule has 21 heavy (non-hydrogen) atoms. The first kappa shape index (κ1) is 13.8. The van der Waals surface area contributed by atoms with E-state index in [4.69, 9.17) is 0 Å². The van der Waals surface area contributed by atoms with Crippen molar-refractivity contribution in [2.45, 2.75) is 6.54 Å². The molecule has 0 bridgehead atoms. The van der Waals surface area contributed by atoms with Gasteiger partial charge in [-0.05, 0) is 18.2 Å². The molecule has 6 heteroatoms. The Balaban J connectivity index is 1.47. The van der Waals surface area contributed by atoms with Gasteiger partial charge in [0.05, 0.1) is 6.54 Å². The van der Waals surface area contributed by atoms with Crippen LogP contribution in [0.2, 0.25) is 0 Å². The summed E-state index contributed by atoms with van der Waals surface area (Å²) >= 11 is 0. The Morgan fingerprint density at radius 1 is 1.05 bits per heavy atom. The van der Waals surface area contributed by atoms with Gasteiger partial charge < -0.3 is 4.90 Å². The van der Waals surface area contributed by atoms with E-state index in [0.717, 1.165) is 39.3 Å². The van der Waals surface area contributed by atoms with Crippen molar-refractivity contribution < 1.29 is 4.79 Å². The Morgan fingerprint density at radius 3 is 2.57 bits per heavy atom. The van der Waals surface area contributed by atoms with Crippen molar-refractivity contribution in [1.29, 1.82) is 0 Å². The van der Waals surface area contributed by atoms with Crippen LogP contribution >= 0.6 is 0 Å². The molecule has 110 valence electrons. The maximum absolute atomic E-state index is 12.3. The minimum atomic E-state index is 0.0299. The summed E-state index contributed by atoms with van der Waals surface area (Å²) in [6.07, 6.45) is 5.43. The van der Waals surface area contributed by atoms with Crippen molar-refractivity contribution in [2.75, 3.05) is 32.7 Å². The Kier molecular flexibility index (Phi) is 4.25. The highest BCUT2D eigenvalue weighted by molar-refractivity contribution is 5.92. The zero-order chi connectivity index (χ0) is 14.5. The lowest BCUT2D eigenvalue weighted by molar-refractivity contribution is 0.0626. The van der Waals surface area contributed by atoms with Gasteiger partial charge in [0.1, 0.15) is 5.69 Å². The van der Waals surface area contributed by atoms with Gasteiger partial charge in [0.15, 0.2) is 0 Å². The van der Waals surface area contributed by atoms with Crippen LogP contribution in [-0.2, 0) is 6.54 Å². The molecule has 1 aliphatic rings. The number of amides is 1. The van der Waals surface area contributed by atoms with Crippen LogP contribution in [0.5, 0.6) is 0 Å². The molecule has 1 amide bonds. The number of nitrogens with zero attached hydrogens (tertiary/aromatic N) is 5. The normalized spacial score (nSPS) is 16.1. The Labute approximate surface area is 124 Å². The van der Waals surface area contributed by atoms with Gasteiger partial charge in [-0.15, -0.1) is 0 Å². The van der Waals surface area contributed by atoms with E-state index in [1.165, 1.54) is 0 Å². The minimum Gasteiger partial charge on any atom is -0.335 e. The van der Waals surface area contributed by atoms with Gasteiger partial charge in [0.2, 0.25) is 0 Å². The number of carbonyl (C=O) groups is 1. The molecule has 0 radical (unpaired) electrons. The van der Waals surface area contributed by atoms with Crippen molar-refractivity contribution in [1.82, 2.24) is 24.6 Å². The summed E-state index contributed by atoms with van der Waals surface area (Å²) in [6.45, 7) is 5.18. The predicted molar refractivity (Wildman–Crippen MR) is 78.8 cm³/mol. The highest BCUT2D eigenvalue weighted by Crippen LogP contribution is 2.07. The van der Waals surface area contributed by atoms with Gasteiger partial charge in [-0.2, -0.15) is 5.10 Å². The SMILES string of the molecule is O=C(c1ccccn1)N1CCN(CCn2cccn2)CC1. The van der Waals surface area contributed by atoms with Crippen molar-refractivity contribution in [3.8, 4) is 0 Å². The lowest BCUT2D eigenvalue weighted by Gasteiger charge is -2.34. The molecule has 0 saturated carbocycles. The lowest BCUT2D eigenvalue weighted by atomic mass is 10.2. The number of hydrogen-bond acceptors (Lipinski definition) is 4. The van der Waals surface area contributed by atoms with Gasteiger partial charge in [0.25, 0.3) is 5.91 Å². The topological polar surface area (TPSA) is 54.3 Å². The van der Waals surface area contributed by atoms with E-state index in [2.05, 4.69) is 15.0 Å². The molecule has 3 heterocycles. The Morgan fingerprint density at radius 2 is 1.90 bits per heavy atom. The van der Waals surface area contributed by atoms with E-state index < -0.39 is 0 Å². The molecular weight excluding hydrogens is 266 g/mol. The molecule has 0 N–H and O–H groups in total. The summed E-state index contributed by atoms with van der Waals surface area (Å²) in [5, 5.41) is 4.20. The summed E-state index contributed by atoms with van der Waals surface area (Å²) in [5.74, 6) is 0.0299. The molecule has 2 aromatic rings. The third-order valence-electron chi connectivity index (χ3n) is 3.75. The average molecular weight is 285 g/mol. The molecule has 3 rings (SSSR count). The van der Waals surface area contributed by atoms with E-state index in [1.807, 2.05) is 34.0 Å². The molecule has 0 spiro atoms. The van der Waals surface area contributed by atoms with Crippen LogP contribution in [0.15, 0.2) is 42.9 Å². The van der Waals surface area contributed by atoms with Crippen LogP contribution in [-0.4, -0.2) is 63.2 Å². The number of hydrogen-bond donors (Lipinski definition) is 0. The fourth-order valence-electron chi connectivity index (χ4n) is 2.50. The number of carbonyl (C=O) groups excluding carboxylic acids is 1. The smallest absolute Gasteiger partial charge is 0.272 e. The molecule has 0 unspecified atom stereocenters. The quantitative estimate of drug-likeness (QED) is 0.831. The van der Waals surface area contributed by atoms with E-state index in [9.17, 15) is 4.79 Å². The van der Waals surface area contributed by atoms with E-state index in [0.29, 0.717) is 5.69 Å². The minimum absolute atomic E-state index is 0.0299. The Bertz CT molecular complexity index is 561. The largest absolute Gasteiger partial charge is 0.335 e. The fraction of sp³-hybridized carbons (Fsp3) is 0.400. The van der Waals surface area contributed by atoms with Crippen molar-refractivity contribution in [3.05, 3.63) is 48.5 Å². The summed E-state index contributed by atoms with van der Waals surface area (Å²) < 4.78 is 1.94. The van der Waals surface area contributed by atoms with Crippen LogP contribution < -0.4 is 0 Å². The number of pyridine rings is 1. The first-order valence-electron chi connectivity index (χ1n) is 7.23. The number of piperazine rings is 1. The van der Waals surface area contributed by atoms with E-state index in [-0.39, 0.29) is 5.91 Å². The standard InChI is InChI=1S/C15H19N5O/c21-15(14-4-1-2-5-16-14)19-11-8-18(9-12-19)10-13-20-7-3-6-17-20/h1-7H,8-13H2. The molecule has 2 aromatic heterocycles. The van der Waals surface area contributed by atoms with Crippen LogP contribution in [0.4, 0.5) is 0 Å². The second-order valence-corrected chi connectivity index (χ2v) is 5.12. The maximum Gasteiger partial charge on any atom is 0.272 e. The second-order valence-electron chi connectivity index (χ2n) is 5.12. The summed E-state index contributed by atoms with van der Waals surface area (Å²) in [7, 11) is 0. The van der Waals surface area contributed by atoms with Gasteiger partial charge in [-0.25, -0.2) is 0 Å².